The second kappa shape index (κ2) is 10.0. The van der Waals surface area contributed by atoms with Crippen molar-refractivity contribution in [3.63, 3.8) is 0 Å². The highest BCUT2D eigenvalue weighted by Crippen LogP contribution is 2.27. The highest BCUT2D eigenvalue weighted by Gasteiger charge is 2.32. The van der Waals surface area contributed by atoms with E-state index >= 15 is 0 Å². The summed E-state index contributed by atoms with van der Waals surface area (Å²) in [5, 5.41) is 6.22. The molecular weight excluding hydrogens is 414 g/mol. The first-order valence-corrected chi connectivity index (χ1v) is 11.4. The van der Waals surface area contributed by atoms with Crippen molar-refractivity contribution in [1.29, 1.82) is 0 Å². The Hall–Kier alpha value is -3.38. The number of aryl methyl sites for hydroxylation is 3. The van der Waals surface area contributed by atoms with Crippen molar-refractivity contribution in [3.05, 3.63) is 88.9 Å². The lowest BCUT2D eigenvalue weighted by molar-refractivity contribution is -0.122. The normalized spacial score (nSPS) is 15.7. The number of rotatable bonds is 6. The van der Waals surface area contributed by atoms with E-state index in [2.05, 4.69) is 15.5 Å². The Bertz CT molecular complexity index is 1110. The van der Waals surface area contributed by atoms with Crippen LogP contribution in [0.5, 0.6) is 0 Å². The molecule has 33 heavy (non-hydrogen) atoms. The molecule has 2 heterocycles. The Morgan fingerprint density at radius 1 is 0.970 bits per heavy atom. The van der Waals surface area contributed by atoms with Crippen LogP contribution in [0.1, 0.15) is 51.9 Å². The molecule has 2 aromatic carbocycles. The summed E-state index contributed by atoms with van der Waals surface area (Å²) in [5.74, 6) is 0.831. The van der Waals surface area contributed by atoms with E-state index in [0.717, 1.165) is 41.0 Å². The summed E-state index contributed by atoms with van der Waals surface area (Å²) in [4.78, 5) is 28.1. The van der Waals surface area contributed by atoms with Crippen LogP contribution in [0.2, 0.25) is 0 Å². The summed E-state index contributed by atoms with van der Waals surface area (Å²) in [6.07, 6.45) is 1.54. The van der Waals surface area contributed by atoms with Crippen molar-refractivity contribution < 1.29 is 14.0 Å². The topological polar surface area (TPSA) is 74.6 Å². The van der Waals surface area contributed by atoms with E-state index in [1.165, 1.54) is 0 Å². The van der Waals surface area contributed by atoms with Gasteiger partial charge in [-0.3, -0.25) is 14.5 Å². The van der Waals surface area contributed by atoms with Gasteiger partial charge in [0.15, 0.2) is 5.76 Å². The van der Waals surface area contributed by atoms with E-state index in [1.54, 1.807) is 12.1 Å². The molecule has 1 unspecified atom stereocenters. The van der Waals surface area contributed by atoms with Gasteiger partial charge < -0.3 is 15.1 Å². The zero-order valence-electron chi connectivity index (χ0n) is 19.4. The summed E-state index contributed by atoms with van der Waals surface area (Å²) in [7, 11) is 0. The minimum Gasteiger partial charge on any atom is -0.456 e. The second-order valence-corrected chi connectivity index (χ2v) is 8.81. The molecule has 1 saturated heterocycles. The SMILES string of the molecule is Cc1ccc(C)c(NC(=O)C(c2ccccc2)N2CCC(NC(=O)c3ccc(C)o3)CC2)c1. The number of benzene rings is 2. The fourth-order valence-electron chi connectivity index (χ4n) is 4.35. The van der Waals surface area contributed by atoms with Gasteiger partial charge in [-0.15, -0.1) is 0 Å². The number of furan rings is 1. The summed E-state index contributed by atoms with van der Waals surface area (Å²) in [6, 6.07) is 19.1. The first-order chi connectivity index (χ1) is 15.9. The van der Waals surface area contributed by atoms with Gasteiger partial charge in [0, 0.05) is 24.8 Å². The highest BCUT2D eigenvalue weighted by atomic mass is 16.3. The molecule has 0 aliphatic carbocycles. The van der Waals surface area contributed by atoms with Gasteiger partial charge in [-0.2, -0.15) is 0 Å². The number of nitrogens with one attached hydrogen (secondary N) is 2. The molecule has 6 heteroatoms. The lowest BCUT2D eigenvalue weighted by Crippen LogP contribution is -2.48. The number of carbonyl (C=O) groups is 2. The van der Waals surface area contributed by atoms with E-state index in [0.29, 0.717) is 18.8 Å². The number of hydrogen-bond acceptors (Lipinski definition) is 4. The van der Waals surface area contributed by atoms with E-state index in [4.69, 9.17) is 4.42 Å². The van der Waals surface area contributed by atoms with E-state index in [9.17, 15) is 9.59 Å². The number of nitrogens with zero attached hydrogens (tertiary/aromatic N) is 1. The van der Waals surface area contributed by atoms with Gasteiger partial charge in [-0.05, 0) is 68.5 Å². The van der Waals surface area contributed by atoms with Crippen LogP contribution in [0.4, 0.5) is 5.69 Å². The van der Waals surface area contributed by atoms with Gasteiger partial charge in [-0.1, -0.05) is 42.5 Å². The first kappa shape index (κ1) is 22.8. The number of likely N-dealkylation sites (tertiary alicyclic amines) is 1. The molecule has 6 nitrogen and oxygen atoms in total. The fourth-order valence-corrected chi connectivity index (χ4v) is 4.35. The molecule has 4 rings (SSSR count). The average Bonchev–Trinajstić information content (AvgIpc) is 3.25. The van der Waals surface area contributed by atoms with E-state index < -0.39 is 6.04 Å². The number of carbonyl (C=O) groups excluding carboxylic acids is 2. The number of anilines is 1. The highest BCUT2D eigenvalue weighted by molar-refractivity contribution is 5.96. The molecule has 0 saturated carbocycles. The maximum absolute atomic E-state index is 13.5. The fraction of sp³-hybridized carbons (Fsp3) is 0.333. The molecule has 1 atom stereocenters. The standard InChI is InChI=1S/C27H31N3O3/c1-18-9-10-19(2)23(17-18)29-27(32)25(21-7-5-4-6-8-21)30-15-13-22(14-16-30)28-26(31)24-12-11-20(3)33-24/h4-12,17,22,25H,13-16H2,1-3H3,(H,28,31)(H,29,32). The molecule has 2 N–H and O–H groups in total. The summed E-state index contributed by atoms with van der Waals surface area (Å²) in [6.45, 7) is 7.26. The van der Waals surface area contributed by atoms with Crippen LogP contribution in [-0.2, 0) is 4.79 Å². The molecular formula is C27H31N3O3. The summed E-state index contributed by atoms with van der Waals surface area (Å²) >= 11 is 0. The first-order valence-electron chi connectivity index (χ1n) is 11.4. The molecule has 0 bridgehead atoms. The lowest BCUT2D eigenvalue weighted by atomic mass is 9.98. The predicted molar refractivity (Wildman–Crippen MR) is 129 cm³/mol. The lowest BCUT2D eigenvalue weighted by Gasteiger charge is -2.37. The molecule has 1 fully saturated rings. The molecule has 0 spiro atoms. The van der Waals surface area contributed by atoms with Crippen molar-refractivity contribution in [3.8, 4) is 0 Å². The van der Waals surface area contributed by atoms with Crippen molar-refractivity contribution in [1.82, 2.24) is 10.2 Å². The number of hydrogen-bond donors (Lipinski definition) is 2. The van der Waals surface area contributed by atoms with Gasteiger partial charge in [-0.25, -0.2) is 0 Å². The largest absolute Gasteiger partial charge is 0.456 e. The van der Waals surface area contributed by atoms with Crippen molar-refractivity contribution in [2.75, 3.05) is 18.4 Å². The Morgan fingerprint density at radius 3 is 2.36 bits per heavy atom. The third kappa shape index (κ3) is 5.52. The molecule has 1 aromatic heterocycles. The Balaban J connectivity index is 1.45. The zero-order valence-corrected chi connectivity index (χ0v) is 19.4. The Kier molecular flexibility index (Phi) is 6.94. The summed E-state index contributed by atoms with van der Waals surface area (Å²) < 4.78 is 5.43. The minimum atomic E-state index is -0.393. The maximum Gasteiger partial charge on any atom is 0.287 e. The quantitative estimate of drug-likeness (QED) is 0.573. The number of amides is 2. The third-order valence-corrected chi connectivity index (χ3v) is 6.21. The van der Waals surface area contributed by atoms with E-state index in [1.807, 2.05) is 69.3 Å². The van der Waals surface area contributed by atoms with Crippen molar-refractivity contribution in [2.45, 2.75) is 45.7 Å². The molecule has 0 radical (unpaired) electrons. The maximum atomic E-state index is 13.5. The molecule has 1 aliphatic rings. The van der Waals surface area contributed by atoms with Crippen LogP contribution in [0.15, 0.2) is 65.1 Å². The monoisotopic (exact) mass is 445 g/mol. The Labute approximate surface area is 195 Å². The third-order valence-electron chi connectivity index (χ3n) is 6.21. The Morgan fingerprint density at radius 2 is 1.70 bits per heavy atom. The van der Waals surface area contributed by atoms with Crippen LogP contribution in [0.25, 0.3) is 0 Å². The zero-order chi connectivity index (χ0) is 23.4. The van der Waals surface area contributed by atoms with Gasteiger partial charge in [0.2, 0.25) is 5.91 Å². The van der Waals surface area contributed by atoms with Gasteiger partial charge in [0.1, 0.15) is 11.8 Å². The predicted octanol–water partition coefficient (Wildman–Crippen LogP) is 4.78. The van der Waals surface area contributed by atoms with Crippen LogP contribution < -0.4 is 10.6 Å². The van der Waals surface area contributed by atoms with Gasteiger partial charge in [0.05, 0.1) is 0 Å². The minimum absolute atomic E-state index is 0.0385. The average molecular weight is 446 g/mol. The number of piperidine rings is 1. The van der Waals surface area contributed by atoms with Crippen LogP contribution in [-0.4, -0.2) is 35.8 Å². The van der Waals surface area contributed by atoms with Crippen molar-refractivity contribution >= 4 is 17.5 Å². The molecule has 1 aliphatic heterocycles. The molecule has 172 valence electrons. The summed E-state index contributed by atoms with van der Waals surface area (Å²) in [5.41, 5.74) is 3.96. The molecule has 3 aromatic rings. The second-order valence-electron chi connectivity index (χ2n) is 8.81. The van der Waals surface area contributed by atoms with E-state index in [-0.39, 0.29) is 17.9 Å². The van der Waals surface area contributed by atoms with Crippen LogP contribution in [0, 0.1) is 20.8 Å². The van der Waals surface area contributed by atoms with Gasteiger partial charge in [0.25, 0.3) is 5.91 Å². The van der Waals surface area contributed by atoms with Crippen molar-refractivity contribution in [2.24, 2.45) is 0 Å². The van der Waals surface area contributed by atoms with Gasteiger partial charge >= 0.3 is 0 Å². The smallest absolute Gasteiger partial charge is 0.287 e. The van der Waals surface area contributed by atoms with Crippen LogP contribution in [0.3, 0.4) is 0 Å². The van der Waals surface area contributed by atoms with Crippen LogP contribution >= 0.6 is 0 Å². The molecule has 2 amide bonds.